The van der Waals surface area contributed by atoms with Crippen LogP contribution in [0.2, 0.25) is 0 Å². The molecule has 0 radical (unpaired) electrons. The van der Waals surface area contributed by atoms with Crippen LogP contribution in [-0.2, 0) is 5.41 Å². The summed E-state index contributed by atoms with van der Waals surface area (Å²) in [5.41, 5.74) is 10.5. The van der Waals surface area contributed by atoms with Crippen LogP contribution in [0.3, 0.4) is 0 Å². The van der Waals surface area contributed by atoms with Crippen molar-refractivity contribution < 1.29 is 9.47 Å². The van der Waals surface area contributed by atoms with Crippen LogP contribution in [0, 0.1) is 0 Å². The van der Waals surface area contributed by atoms with Crippen LogP contribution in [0.1, 0.15) is 26.3 Å². The van der Waals surface area contributed by atoms with Crippen molar-refractivity contribution in [2.24, 2.45) is 0 Å². The van der Waals surface area contributed by atoms with Gasteiger partial charge in [0.15, 0.2) is 0 Å². The van der Waals surface area contributed by atoms with Gasteiger partial charge < -0.3 is 14.0 Å². The molecular weight excluding hydrogens is 641 g/mol. The third kappa shape index (κ3) is 4.13. The van der Waals surface area contributed by atoms with Gasteiger partial charge in [-0.25, -0.2) is 0 Å². The number of ether oxygens (including phenoxy) is 2. The fourth-order valence-electron chi connectivity index (χ4n) is 8.59. The van der Waals surface area contributed by atoms with Crippen LogP contribution in [0.25, 0.3) is 58.8 Å². The standard InChI is InChI=1S/C46H32BNO2S/c1-46(2,3)33-26-37-32(43-36(48(37)28-13-5-4-6-14-28)22-21-30-29-15-7-12-20-42(29)51-45(30)43)25-31(33)27-23-40-44-41(24-27)50-39-19-11-9-17-35(39)47(44)34-16-8-10-18-38(34)49-40/h4-26H,1-3H3. The van der Waals surface area contributed by atoms with E-state index in [0.717, 1.165) is 39.7 Å². The highest BCUT2D eigenvalue weighted by Gasteiger charge is 2.40. The van der Waals surface area contributed by atoms with Gasteiger partial charge in [-0.15, -0.1) is 11.3 Å². The quantitative estimate of drug-likeness (QED) is 0.171. The van der Waals surface area contributed by atoms with Crippen molar-refractivity contribution in [1.29, 1.82) is 0 Å². The number of hydrogen-bond acceptors (Lipinski definition) is 3. The lowest BCUT2D eigenvalue weighted by atomic mass is 9.35. The van der Waals surface area contributed by atoms with Crippen LogP contribution in [0.15, 0.2) is 140 Å². The lowest BCUT2D eigenvalue weighted by molar-refractivity contribution is 0.465. The van der Waals surface area contributed by atoms with Gasteiger partial charge in [-0.2, -0.15) is 0 Å². The van der Waals surface area contributed by atoms with Crippen LogP contribution in [-0.4, -0.2) is 11.3 Å². The summed E-state index contributed by atoms with van der Waals surface area (Å²) < 4.78 is 18.6. The average molecular weight is 674 g/mol. The Morgan fingerprint density at radius 2 is 1.22 bits per heavy atom. The SMILES string of the molecule is CC(C)(C)c1cc2c(cc1-c1cc3c4c(c1)Oc1ccccc1B4c1ccccc1O3)c1c3sc4ccccc4c3ccc1n2-c1ccccc1. The van der Waals surface area contributed by atoms with Crippen molar-refractivity contribution in [2.75, 3.05) is 0 Å². The summed E-state index contributed by atoms with van der Waals surface area (Å²) in [7, 11) is 0. The first kappa shape index (κ1) is 29.0. The highest BCUT2D eigenvalue weighted by molar-refractivity contribution is 7.26. The highest BCUT2D eigenvalue weighted by Crippen LogP contribution is 2.47. The molecule has 0 spiro atoms. The topological polar surface area (TPSA) is 23.4 Å². The maximum absolute atomic E-state index is 6.76. The monoisotopic (exact) mass is 673 g/mol. The third-order valence-corrected chi connectivity index (χ3v) is 12.0. The molecule has 11 rings (SSSR count). The van der Waals surface area contributed by atoms with Crippen LogP contribution in [0.4, 0.5) is 0 Å². The molecule has 5 heteroatoms. The van der Waals surface area contributed by atoms with Gasteiger partial charge in [0.1, 0.15) is 23.0 Å². The lowest BCUT2D eigenvalue weighted by Crippen LogP contribution is -2.57. The first-order valence-corrected chi connectivity index (χ1v) is 18.4. The lowest BCUT2D eigenvalue weighted by Gasteiger charge is -2.33. The van der Waals surface area contributed by atoms with Gasteiger partial charge >= 0.3 is 0 Å². The molecule has 0 unspecified atom stereocenters. The van der Waals surface area contributed by atoms with E-state index >= 15 is 0 Å². The maximum Gasteiger partial charge on any atom is 0.260 e. The number of para-hydroxylation sites is 3. The zero-order valence-electron chi connectivity index (χ0n) is 28.5. The van der Waals surface area contributed by atoms with Crippen molar-refractivity contribution in [3.05, 3.63) is 145 Å². The summed E-state index contributed by atoms with van der Waals surface area (Å²) in [6, 6.07) is 50.5. The molecule has 0 atom stereocenters. The number of nitrogens with zero attached hydrogens (tertiary/aromatic N) is 1. The summed E-state index contributed by atoms with van der Waals surface area (Å²) in [5.74, 6) is 3.53. The second-order valence-corrected chi connectivity index (χ2v) is 15.9. The van der Waals surface area contributed by atoms with E-state index in [9.17, 15) is 0 Å². The summed E-state index contributed by atoms with van der Waals surface area (Å²) in [6.07, 6.45) is 0. The molecule has 0 bridgehead atoms. The number of fused-ring (bicyclic) bond motifs is 11. The summed E-state index contributed by atoms with van der Waals surface area (Å²) in [6.45, 7) is 6.99. The molecule has 0 aliphatic carbocycles. The Labute approximate surface area is 300 Å². The number of aromatic nitrogens is 1. The van der Waals surface area contributed by atoms with E-state index in [1.54, 1.807) is 0 Å². The summed E-state index contributed by atoms with van der Waals surface area (Å²) in [5, 5.41) is 5.16. The largest absolute Gasteiger partial charge is 0.458 e. The molecule has 0 N–H and O–H groups in total. The zero-order chi connectivity index (χ0) is 34.0. The van der Waals surface area contributed by atoms with Crippen molar-refractivity contribution in [1.82, 2.24) is 4.57 Å². The molecule has 3 nitrogen and oxygen atoms in total. The zero-order valence-corrected chi connectivity index (χ0v) is 29.3. The Kier molecular flexibility index (Phi) is 5.90. The van der Waals surface area contributed by atoms with Crippen molar-refractivity contribution >= 4 is 76.4 Å². The van der Waals surface area contributed by atoms with Gasteiger partial charge in [-0.3, -0.25) is 0 Å². The van der Waals surface area contributed by atoms with Gasteiger partial charge in [0.2, 0.25) is 0 Å². The van der Waals surface area contributed by atoms with E-state index in [0.29, 0.717) is 0 Å². The number of benzene rings is 7. The molecule has 0 fully saturated rings. The van der Waals surface area contributed by atoms with E-state index in [2.05, 4.69) is 165 Å². The first-order valence-electron chi connectivity index (χ1n) is 17.6. The van der Waals surface area contributed by atoms with E-state index in [-0.39, 0.29) is 12.1 Å². The van der Waals surface area contributed by atoms with Gasteiger partial charge in [0.25, 0.3) is 6.71 Å². The molecule has 0 amide bonds. The molecule has 2 aliphatic heterocycles. The Morgan fingerprint density at radius 3 is 1.92 bits per heavy atom. The Balaban J connectivity index is 1.24. The van der Waals surface area contributed by atoms with Gasteiger partial charge in [0.05, 0.1) is 11.0 Å². The molecule has 2 aromatic heterocycles. The molecule has 51 heavy (non-hydrogen) atoms. The van der Waals surface area contributed by atoms with Gasteiger partial charge in [-0.05, 0) is 93.7 Å². The van der Waals surface area contributed by atoms with Crippen molar-refractivity contribution in [2.45, 2.75) is 26.2 Å². The fraction of sp³-hybridized carbons (Fsp3) is 0.0870. The molecule has 2 aliphatic rings. The predicted octanol–water partition coefficient (Wildman–Crippen LogP) is 10.8. The Hall–Kier alpha value is -5.78. The molecular formula is C46H32BNO2S. The fourth-order valence-corrected chi connectivity index (χ4v) is 9.85. The minimum Gasteiger partial charge on any atom is -0.458 e. The van der Waals surface area contributed by atoms with E-state index < -0.39 is 0 Å². The van der Waals surface area contributed by atoms with Crippen LogP contribution >= 0.6 is 11.3 Å². The van der Waals surface area contributed by atoms with Gasteiger partial charge in [-0.1, -0.05) is 99.6 Å². The Bertz CT molecular complexity index is 2840. The summed E-state index contributed by atoms with van der Waals surface area (Å²) in [4.78, 5) is 0. The first-order chi connectivity index (χ1) is 24.9. The predicted molar refractivity (Wildman–Crippen MR) is 215 cm³/mol. The molecule has 4 heterocycles. The third-order valence-electron chi connectivity index (χ3n) is 10.8. The van der Waals surface area contributed by atoms with E-state index in [1.165, 1.54) is 64.0 Å². The maximum atomic E-state index is 6.76. The molecule has 7 aromatic carbocycles. The molecule has 242 valence electrons. The summed E-state index contributed by atoms with van der Waals surface area (Å²) >= 11 is 1.89. The number of thiophene rings is 1. The Morgan fingerprint density at radius 1 is 0.569 bits per heavy atom. The molecule has 9 aromatic rings. The number of rotatable bonds is 2. The second-order valence-electron chi connectivity index (χ2n) is 14.9. The van der Waals surface area contributed by atoms with Crippen molar-refractivity contribution in [3.63, 3.8) is 0 Å². The van der Waals surface area contributed by atoms with Crippen molar-refractivity contribution in [3.8, 4) is 39.8 Å². The minimum absolute atomic E-state index is 0.0496. The highest BCUT2D eigenvalue weighted by atomic mass is 32.1. The van der Waals surface area contributed by atoms with E-state index in [4.69, 9.17) is 9.47 Å². The smallest absolute Gasteiger partial charge is 0.260 e. The number of hydrogen-bond donors (Lipinski definition) is 0. The van der Waals surface area contributed by atoms with E-state index in [1.807, 2.05) is 11.3 Å². The molecule has 0 saturated carbocycles. The van der Waals surface area contributed by atoms with Gasteiger partial charge in [0, 0.05) is 42.1 Å². The van der Waals surface area contributed by atoms with Crippen LogP contribution in [0.5, 0.6) is 23.0 Å². The average Bonchev–Trinajstić information content (AvgIpc) is 3.69. The minimum atomic E-state index is -0.148. The second kappa shape index (κ2) is 10.4. The molecule has 0 saturated heterocycles. The van der Waals surface area contributed by atoms with Crippen LogP contribution < -0.4 is 25.9 Å². The normalized spacial score (nSPS) is 13.3.